The van der Waals surface area contributed by atoms with E-state index in [-0.39, 0.29) is 6.10 Å². The summed E-state index contributed by atoms with van der Waals surface area (Å²) in [5.74, 6) is 0. The first-order valence-corrected chi connectivity index (χ1v) is 7.16. The van der Waals surface area contributed by atoms with Gasteiger partial charge in [-0.15, -0.1) is 0 Å². The van der Waals surface area contributed by atoms with Crippen LogP contribution in [0.25, 0.3) is 0 Å². The third kappa shape index (κ3) is 2.32. The molecule has 1 aliphatic carbocycles. The van der Waals surface area contributed by atoms with E-state index in [0.29, 0.717) is 0 Å². The molecule has 1 unspecified atom stereocenters. The summed E-state index contributed by atoms with van der Waals surface area (Å²) in [5, 5.41) is 11.0. The number of aryl methyl sites for hydroxylation is 1. The molecule has 1 N–H and O–H groups in total. The lowest BCUT2D eigenvalue weighted by Crippen LogP contribution is -2.25. The molecule has 0 saturated carbocycles. The van der Waals surface area contributed by atoms with Gasteiger partial charge in [0.15, 0.2) is 5.13 Å². The molecule has 5 heteroatoms. The van der Waals surface area contributed by atoms with Gasteiger partial charge >= 0.3 is 0 Å². The molecule has 1 fully saturated rings. The molecule has 0 spiro atoms. The van der Waals surface area contributed by atoms with Gasteiger partial charge in [-0.05, 0) is 25.7 Å². The second-order valence-electron chi connectivity index (χ2n) is 4.67. The molecule has 94 valence electrons. The van der Waals surface area contributed by atoms with Crippen LogP contribution in [0.1, 0.15) is 35.9 Å². The summed E-state index contributed by atoms with van der Waals surface area (Å²) < 4.78 is 5.46. The van der Waals surface area contributed by atoms with Crippen molar-refractivity contribution in [2.24, 2.45) is 0 Å². The molecule has 0 aromatic carbocycles. The molecule has 1 aromatic rings. The van der Waals surface area contributed by atoms with Gasteiger partial charge in [0, 0.05) is 19.7 Å². The second-order valence-corrected chi connectivity index (χ2v) is 5.68. The average Bonchev–Trinajstić information content (AvgIpc) is 2.59. The summed E-state index contributed by atoms with van der Waals surface area (Å²) in [6, 6.07) is 0. The second kappa shape index (κ2) is 4.92. The van der Waals surface area contributed by atoms with Gasteiger partial charge in [0.1, 0.15) is 0 Å². The third-order valence-electron chi connectivity index (χ3n) is 3.40. The Morgan fingerprint density at radius 3 is 3.12 bits per heavy atom. The normalized spacial score (nSPS) is 25.5. The monoisotopic (exact) mass is 254 g/mol. The maximum atomic E-state index is 9.96. The first-order chi connectivity index (χ1) is 8.34. The largest absolute Gasteiger partial charge is 0.388 e. The Bertz CT molecular complexity index is 386. The van der Waals surface area contributed by atoms with Crippen molar-refractivity contribution in [3.8, 4) is 0 Å². The minimum Gasteiger partial charge on any atom is -0.388 e. The lowest BCUT2D eigenvalue weighted by atomic mass is 10.0. The van der Waals surface area contributed by atoms with Gasteiger partial charge in [-0.25, -0.2) is 4.98 Å². The van der Waals surface area contributed by atoms with E-state index in [1.165, 1.54) is 0 Å². The summed E-state index contributed by atoms with van der Waals surface area (Å²) in [7, 11) is 0. The molecule has 1 atom stereocenters. The van der Waals surface area contributed by atoms with Crippen molar-refractivity contribution < 1.29 is 9.84 Å². The first kappa shape index (κ1) is 11.4. The Kier molecular flexibility index (Phi) is 3.31. The minimum atomic E-state index is -0.284. The lowest BCUT2D eigenvalue weighted by molar-refractivity contribution is 0.152. The van der Waals surface area contributed by atoms with Crippen molar-refractivity contribution in [3.05, 3.63) is 10.6 Å². The number of hydrogen-bond acceptors (Lipinski definition) is 5. The Labute approximate surface area is 105 Å². The predicted octanol–water partition coefficient (Wildman–Crippen LogP) is 1.74. The smallest absolute Gasteiger partial charge is 0.185 e. The maximum absolute atomic E-state index is 9.96. The van der Waals surface area contributed by atoms with Gasteiger partial charge in [-0.3, -0.25) is 0 Å². The van der Waals surface area contributed by atoms with Crippen LogP contribution in [0.4, 0.5) is 5.13 Å². The Morgan fingerprint density at radius 2 is 2.24 bits per heavy atom. The zero-order valence-corrected chi connectivity index (χ0v) is 10.7. The number of anilines is 1. The van der Waals surface area contributed by atoms with E-state index in [2.05, 4.69) is 4.90 Å². The van der Waals surface area contributed by atoms with Crippen molar-refractivity contribution in [1.82, 2.24) is 4.98 Å². The topological polar surface area (TPSA) is 45.6 Å². The van der Waals surface area contributed by atoms with Crippen LogP contribution in [0, 0.1) is 0 Å². The number of aliphatic hydroxyl groups is 1. The molecule has 3 rings (SSSR count). The highest BCUT2D eigenvalue weighted by Crippen LogP contribution is 2.37. The Morgan fingerprint density at radius 1 is 1.29 bits per heavy atom. The van der Waals surface area contributed by atoms with E-state index < -0.39 is 0 Å². The zero-order valence-electron chi connectivity index (χ0n) is 9.89. The highest BCUT2D eigenvalue weighted by Gasteiger charge is 2.24. The van der Waals surface area contributed by atoms with Crippen molar-refractivity contribution in [2.75, 3.05) is 31.2 Å². The van der Waals surface area contributed by atoms with Gasteiger partial charge in [-0.2, -0.15) is 0 Å². The lowest BCUT2D eigenvalue weighted by Gasteiger charge is -2.17. The predicted molar refractivity (Wildman–Crippen MR) is 67.7 cm³/mol. The van der Waals surface area contributed by atoms with E-state index in [4.69, 9.17) is 9.72 Å². The molecule has 4 nitrogen and oxygen atoms in total. The average molecular weight is 254 g/mol. The number of aromatic nitrogens is 1. The number of rotatable bonds is 1. The van der Waals surface area contributed by atoms with Gasteiger partial charge in [-0.1, -0.05) is 11.3 Å². The summed E-state index contributed by atoms with van der Waals surface area (Å²) in [4.78, 5) is 8.08. The molecule has 17 heavy (non-hydrogen) atoms. The van der Waals surface area contributed by atoms with Crippen LogP contribution < -0.4 is 4.90 Å². The van der Waals surface area contributed by atoms with Gasteiger partial charge in [0.2, 0.25) is 0 Å². The number of hydrogen-bond donors (Lipinski definition) is 1. The molecule has 1 saturated heterocycles. The number of ether oxygens (including phenoxy) is 1. The van der Waals surface area contributed by atoms with Gasteiger partial charge < -0.3 is 14.7 Å². The first-order valence-electron chi connectivity index (χ1n) is 6.35. The van der Waals surface area contributed by atoms with Crippen molar-refractivity contribution in [1.29, 1.82) is 0 Å². The van der Waals surface area contributed by atoms with Crippen molar-refractivity contribution in [2.45, 2.75) is 31.8 Å². The van der Waals surface area contributed by atoms with Crippen LogP contribution in [0.5, 0.6) is 0 Å². The summed E-state index contributed by atoms with van der Waals surface area (Å²) in [5.41, 5.74) is 1.12. The fraction of sp³-hybridized carbons (Fsp3) is 0.750. The molecule has 0 radical (unpaired) electrons. The van der Waals surface area contributed by atoms with Crippen LogP contribution in [0.2, 0.25) is 0 Å². The van der Waals surface area contributed by atoms with E-state index in [0.717, 1.165) is 67.7 Å². The van der Waals surface area contributed by atoms with E-state index in [9.17, 15) is 5.11 Å². The van der Waals surface area contributed by atoms with E-state index in [1.54, 1.807) is 11.3 Å². The van der Waals surface area contributed by atoms with Gasteiger partial charge in [0.25, 0.3) is 0 Å². The standard InChI is InChI=1S/C12H18N2O2S/c15-10-4-1-3-9-11(10)17-12(13-9)14-5-2-7-16-8-6-14/h10,15H,1-8H2. The quantitative estimate of drug-likeness (QED) is 0.829. The SMILES string of the molecule is OC1CCCc2nc(N3CCCOCC3)sc21. The molecule has 0 amide bonds. The Balaban J connectivity index is 1.83. The van der Waals surface area contributed by atoms with Crippen LogP contribution in [0.15, 0.2) is 0 Å². The van der Waals surface area contributed by atoms with Gasteiger partial charge in [0.05, 0.1) is 23.3 Å². The highest BCUT2D eigenvalue weighted by atomic mass is 32.1. The summed E-state index contributed by atoms with van der Waals surface area (Å²) in [6.45, 7) is 3.57. The molecule has 1 aromatic heterocycles. The number of aliphatic hydroxyl groups excluding tert-OH is 1. The summed E-state index contributed by atoms with van der Waals surface area (Å²) in [6.07, 6.45) is 3.74. The number of fused-ring (bicyclic) bond motifs is 1. The van der Waals surface area contributed by atoms with E-state index >= 15 is 0 Å². The van der Waals surface area contributed by atoms with Crippen molar-refractivity contribution >= 4 is 16.5 Å². The van der Waals surface area contributed by atoms with Crippen LogP contribution >= 0.6 is 11.3 Å². The zero-order chi connectivity index (χ0) is 11.7. The molecule has 2 aliphatic rings. The molecule has 0 bridgehead atoms. The van der Waals surface area contributed by atoms with E-state index in [1.807, 2.05) is 0 Å². The minimum absolute atomic E-state index is 0.284. The summed E-state index contributed by atoms with van der Waals surface area (Å²) >= 11 is 1.67. The van der Waals surface area contributed by atoms with Crippen LogP contribution in [-0.2, 0) is 11.2 Å². The molecule has 1 aliphatic heterocycles. The maximum Gasteiger partial charge on any atom is 0.185 e. The van der Waals surface area contributed by atoms with Crippen LogP contribution in [0.3, 0.4) is 0 Å². The molecular weight excluding hydrogens is 236 g/mol. The number of nitrogens with zero attached hydrogens (tertiary/aromatic N) is 2. The van der Waals surface area contributed by atoms with Crippen LogP contribution in [-0.4, -0.2) is 36.4 Å². The number of thiazole rings is 1. The third-order valence-corrected chi connectivity index (χ3v) is 4.66. The van der Waals surface area contributed by atoms with Crippen molar-refractivity contribution in [3.63, 3.8) is 0 Å². The molecule has 2 heterocycles. The fourth-order valence-corrected chi connectivity index (χ4v) is 3.64. The fourth-order valence-electron chi connectivity index (χ4n) is 2.46. The Hall–Kier alpha value is -0.650. The highest BCUT2D eigenvalue weighted by molar-refractivity contribution is 7.15. The molecular formula is C12H18N2O2S.